The second-order valence-corrected chi connectivity index (χ2v) is 14.4. The van der Waals surface area contributed by atoms with Gasteiger partial charge in [-0.25, -0.2) is 18.0 Å². The molecule has 0 unspecified atom stereocenters. The average Bonchev–Trinajstić information content (AvgIpc) is 2.92. The predicted molar refractivity (Wildman–Crippen MR) is 149 cm³/mol. The molecule has 7 nitrogen and oxygen atoms in total. The van der Waals surface area contributed by atoms with Crippen LogP contribution in [0.25, 0.3) is 0 Å². The Morgan fingerprint density at radius 1 is 0.757 bits per heavy atom. The first kappa shape index (κ1) is 32.7. The van der Waals surface area contributed by atoms with Crippen molar-refractivity contribution in [3.8, 4) is 0 Å². The highest BCUT2D eigenvalue weighted by molar-refractivity contribution is 7.85. The van der Waals surface area contributed by atoms with Crippen molar-refractivity contribution in [2.24, 2.45) is 0 Å². The highest BCUT2D eigenvalue weighted by Gasteiger charge is 2.37. The fraction of sp³-hybridized carbons (Fsp3) is 0.500. The number of esters is 2. The number of carbonyl (C=O) groups is 2. The molecular formula is C28H41O7PS. The van der Waals surface area contributed by atoms with Gasteiger partial charge in [0, 0.05) is 7.26 Å². The molecule has 0 aliphatic heterocycles. The van der Waals surface area contributed by atoms with Crippen molar-refractivity contribution in [1.82, 2.24) is 0 Å². The van der Waals surface area contributed by atoms with Gasteiger partial charge in [-0.05, 0) is 49.6 Å². The molecule has 2 aromatic carbocycles. The SMILES string of the molecule is CCCC[P+](CCCC)(CCCC)c1ccccc1.COC(=O)c1cc(C(=O)OC)cc(S(=O)(=O)[O-])c1. The summed E-state index contributed by atoms with van der Waals surface area (Å²) in [5.41, 5.74) is -0.454. The van der Waals surface area contributed by atoms with E-state index in [1.54, 1.807) is 5.30 Å². The lowest BCUT2D eigenvalue weighted by Gasteiger charge is -2.27. The summed E-state index contributed by atoms with van der Waals surface area (Å²) in [5.74, 6) is -1.74. The zero-order chi connectivity index (χ0) is 27.9. The molecule has 0 N–H and O–H groups in total. The van der Waals surface area contributed by atoms with Crippen LogP contribution >= 0.6 is 7.26 Å². The number of hydrogen-bond donors (Lipinski definition) is 0. The molecule has 0 saturated carbocycles. The van der Waals surface area contributed by atoms with E-state index in [1.165, 1.54) is 57.0 Å². The lowest BCUT2D eigenvalue weighted by atomic mass is 10.1. The first-order valence-corrected chi connectivity index (χ1v) is 16.5. The number of ether oxygens (including phenoxy) is 2. The third kappa shape index (κ3) is 10.5. The van der Waals surface area contributed by atoms with Gasteiger partial charge in [-0.2, -0.15) is 0 Å². The van der Waals surface area contributed by atoms with E-state index in [4.69, 9.17) is 0 Å². The smallest absolute Gasteiger partial charge is 0.337 e. The number of carbonyl (C=O) groups excluding carboxylic acids is 2. The summed E-state index contributed by atoms with van der Waals surface area (Å²) >= 11 is 0. The summed E-state index contributed by atoms with van der Waals surface area (Å²) in [5, 5.41) is 1.70. The summed E-state index contributed by atoms with van der Waals surface area (Å²) in [6, 6.07) is 14.2. The standard InChI is InChI=1S/C18H32P.C10H10O7S/c1-4-7-15-19(16-8-5-2,17-9-6-3)18-13-11-10-12-14-18;1-16-9(11)6-3-7(10(12)17-2)5-8(4-6)18(13,14)15/h10-14H,4-9,15-17H2,1-3H3;3-5H,1-2H3,(H,13,14,15)/q+1;/p-1. The molecule has 0 aromatic heterocycles. The maximum atomic E-state index is 11.3. The maximum Gasteiger partial charge on any atom is 0.337 e. The summed E-state index contributed by atoms with van der Waals surface area (Å²) in [6.07, 6.45) is 12.7. The number of hydrogen-bond acceptors (Lipinski definition) is 7. The molecule has 0 heterocycles. The van der Waals surface area contributed by atoms with Gasteiger partial charge in [0.15, 0.2) is 0 Å². The first-order valence-electron chi connectivity index (χ1n) is 12.8. The van der Waals surface area contributed by atoms with E-state index in [1.807, 2.05) is 0 Å². The van der Waals surface area contributed by atoms with Crippen molar-refractivity contribution in [3.05, 3.63) is 59.7 Å². The highest BCUT2D eigenvalue weighted by atomic mass is 32.2. The molecule has 9 heteroatoms. The van der Waals surface area contributed by atoms with Crippen LogP contribution in [0.15, 0.2) is 53.4 Å². The van der Waals surface area contributed by atoms with Gasteiger partial charge in [0.2, 0.25) is 0 Å². The Morgan fingerprint density at radius 2 is 1.16 bits per heavy atom. The molecule has 0 spiro atoms. The van der Waals surface area contributed by atoms with Crippen molar-refractivity contribution in [2.45, 2.75) is 64.2 Å². The molecule has 37 heavy (non-hydrogen) atoms. The summed E-state index contributed by atoms with van der Waals surface area (Å²) in [6.45, 7) is 7.00. The third-order valence-corrected chi connectivity index (χ3v) is 11.9. The van der Waals surface area contributed by atoms with Gasteiger partial charge in [-0.1, -0.05) is 58.2 Å². The maximum absolute atomic E-state index is 11.3. The summed E-state index contributed by atoms with van der Waals surface area (Å²) in [7, 11) is -3.53. The second kappa shape index (κ2) is 16.5. The van der Waals surface area contributed by atoms with Crippen molar-refractivity contribution < 1.29 is 32.0 Å². The summed E-state index contributed by atoms with van der Waals surface area (Å²) < 4.78 is 41.5. The Kier molecular flexibility index (Phi) is 14.6. The first-order chi connectivity index (χ1) is 17.6. The highest BCUT2D eigenvalue weighted by Crippen LogP contribution is 2.59. The molecule has 2 rings (SSSR count). The van der Waals surface area contributed by atoms with Crippen LogP contribution in [0.5, 0.6) is 0 Å². The van der Waals surface area contributed by atoms with Crippen LogP contribution in [0.3, 0.4) is 0 Å². The molecule has 0 saturated heterocycles. The van der Waals surface area contributed by atoms with E-state index in [0.29, 0.717) is 0 Å². The lowest BCUT2D eigenvalue weighted by molar-refractivity contribution is 0.0598. The molecule has 0 aliphatic rings. The van der Waals surface area contributed by atoms with Crippen molar-refractivity contribution >= 4 is 34.6 Å². The van der Waals surface area contributed by atoms with Crippen molar-refractivity contribution in [3.63, 3.8) is 0 Å². The molecule has 2 aromatic rings. The van der Waals surface area contributed by atoms with E-state index in [2.05, 4.69) is 60.6 Å². The number of unbranched alkanes of at least 4 members (excludes halogenated alkanes) is 3. The van der Waals surface area contributed by atoms with Crippen LogP contribution < -0.4 is 5.30 Å². The Labute approximate surface area is 223 Å². The number of methoxy groups -OCH3 is 2. The van der Waals surface area contributed by atoms with Crippen molar-refractivity contribution in [2.75, 3.05) is 32.7 Å². The minimum absolute atomic E-state index is 0.227. The van der Waals surface area contributed by atoms with Gasteiger partial charge >= 0.3 is 11.9 Å². The number of benzene rings is 2. The Bertz CT molecular complexity index is 1030. The van der Waals surface area contributed by atoms with Gasteiger partial charge in [-0.15, -0.1) is 0 Å². The monoisotopic (exact) mass is 552 g/mol. The Hall–Kier alpha value is -2.28. The molecule has 206 valence electrons. The topological polar surface area (TPSA) is 110 Å². The van der Waals surface area contributed by atoms with E-state index in [0.717, 1.165) is 32.4 Å². The van der Waals surface area contributed by atoms with Gasteiger partial charge < -0.3 is 14.0 Å². The predicted octanol–water partition coefficient (Wildman–Crippen LogP) is 5.89. The Morgan fingerprint density at radius 3 is 1.49 bits per heavy atom. The third-order valence-electron chi connectivity index (χ3n) is 6.16. The fourth-order valence-electron chi connectivity index (χ4n) is 4.06. The van der Waals surface area contributed by atoms with Gasteiger partial charge in [0.1, 0.15) is 10.1 Å². The molecule has 0 fully saturated rings. The van der Waals surface area contributed by atoms with Gasteiger partial charge in [0.25, 0.3) is 0 Å². The van der Waals surface area contributed by atoms with E-state index in [-0.39, 0.29) is 11.1 Å². The lowest BCUT2D eigenvalue weighted by Crippen LogP contribution is -2.20. The van der Waals surface area contributed by atoms with Gasteiger partial charge in [0.05, 0.1) is 54.0 Å². The van der Waals surface area contributed by atoms with Crippen LogP contribution in [0.1, 0.15) is 80.0 Å². The summed E-state index contributed by atoms with van der Waals surface area (Å²) in [4.78, 5) is 21.9. The fourth-order valence-corrected chi connectivity index (χ4v) is 9.62. The van der Waals surface area contributed by atoms with E-state index >= 15 is 0 Å². The van der Waals surface area contributed by atoms with E-state index < -0.39 is 34.2 Å². The molecule has 0 radical (unpaired) electrons. The quantitative estimate of drug-likeness (QED) is 0.173. The number of rotatable bonds is 13. The largest absolute Gasteiger partial charge is 0.744 e. The molecular weight excluding hydrogens is 511 g/mol. The minimum atomic E-state index is -4.80. The van der Waals surface area contributed by atoms with Gasteiger partial charge in [-0.3, -0.25) is 0 Å². The van der Waals surface area contributed by atoms with Crippen LogP contribution in [0, 0.1) is 0 Å². The molecule has 0 bridgehead atoms. The van der Waals surface area contributed by atoms with Crippen molar-refractivity contribution in [1.29, 1.82) is 0 Å². The van der Waals surface area contributed by atoms with E-state index in [9.17, 15) is 22.6 Å². The Balaban J connectivity index is 0.000000371. The normalized spacial score (nSPS) is 11.3. The minimum Gasteiger partial charge on any atom is -0.744 e. The molecule has 0 atom stereocenters. The van der Waals surface area contributed by atoms with Crippen LogP contribution in [-0.2, 0) is 19.6 Å². The zero-order valence-electron chi connectivity index (χ0n) is 22.7. The van der Waals surface area contributed by atoms with Crippen LogP contribution in [0.4, 0.5) is 0 Å². The molecule has 0 amide bonds. The van der Waals surface area contributed by atoms with Crippen LogP contribution in [0.2, 0.25) is 0 Å². The zero-order valence-corrected chi connectivity index (χ0v) is 24.4. The second-order valence-electron chi connectivity index (χ2n) is 8.90. The average molecular weight is 553 g/mol. The molecule has 0 aliphatic carbocycles. The van der Waals surface area contributed by atoms with Crippen LogP contribution in [-0.4, -0.2) is 57.6 Å².